The maximum Gasteiger partial charge on any atom is 0.130 e. The van der Waals surface area contributed by atoms with Crippen LogP contribution in [-0.2, 0) is 6.42 Å². The molecule has 136 valence electrons. The van der Waals surface area contributed by atoms with Crippen LogP contribution < -0.4 is 5.73 Å². The average Bonchev–Trinajstić information content (AvgIpc) is 2.62. The molecule has 1 aliphatic rings. The number of amidine groups is 1. The summed E-state index contributed by atoms with van der Waals surface area (Å²) in [5, 5.41) is 10.1. The Morgan fingerprint density at radius 3 is 2.80 bits per heavy atom. The number of rotatable bonds is 8. The Bertz CT molecular complexity index is 605. The van der Waals surface area contributed by atoms with Crippen LogP contribution in [0.2, 0.25) is 0 Å². The lowest BCUT2D eigenvalue weighted by Crippen LogP contribution is -2.44. The predicted molar refractivity (Wildman–Crippen MR) is 105 cm³/mol. The molecule has 1 heterocycles. The lowest BCUT2D eigenvalue weighted by atomic mass is 9.76. The Morgan fingerprint density at radius 1 is 1.40 bits per heavy atom. The zero-order chi connectivity index (χ0) is 18.1. The molecule has 0 spiro atoms. The van der Waals surface area contributed by atoms with E-state index in [-0.39, 0.29) is 12.0 Å². The summed E-state index contributed by atoms with van der Waals surface area (Å²) < 4.78 is 0. The Kier molecular flexibility index (Phi) is 7.26. The first kappa shape index (κ1) is 19.3. The maximum absolute atomic E-state index is 10.1. The first-order chi connectivity index (χ1) is 12.1. The van der Waals surface area contributed by atoms with E-state index in [9.17, 15) is 5.11 Å². The Morgan fingerprint density at radius 2 is 2.16 bits per heavy atom. The third-order valence-corrected chi connectivity index (χ3v) is 4.89. The van der Waals surface area contributed by atoms with Crippen LogP contribution in [0.3, 0.4) is 0 Å². The predicted octanol–water partition coefficient (Wildman–Crippen LogP) is 3.49. The van der Waals surface area contributed by atoms with Gasteiger partial charge in [0.15, 0.2) is 0 Å². The van der Waals surface area contributed by atoms with Crippen LogP contribution in [0.4, 0.5) is 0 Å². The van der Waals surface area contributed by atoms with E-state index >= 15 is 0 Å². The molecule has 2 rings (SSSR count). The maximum atomic E-state index is 10.1. The van der Waals surface area contributed by atoms with Gasteiger partial charge in [-0.15, -0.1) is 0 Å². The first-order valence-corrected chi connectivity index (χ1v) is 9.12. The molecule has 0 aromatic heterocycles. The quantitative estimate of drug-likeness (QED) is 0.432. The van der Waals surface area contributed by atoms with Crippen molar-refractivity contribution in [1.82, 2.24) is 4.90 Å². The number of hydrogen-bond acceptors (Lipinski definition) is 3. The van der Waals surface area contributed by atoms with E-state index in [0.717, 1.165) is 51.0 Å². The van der Waals surface area contributed by atoms with Gasteiger partial charge >= 0.3 is 0 Å². The van der Waals surface area contributed by atoms with Gasteiger partial charge in [-0.1, -0.05) is 43.0 Å². The van der Waals surface area contributed by atoms with Crippen molar-refractivity contribution in [3.05, 3.63) is 60.4 Å². The standard InChI is InChI=1S/C21H31N3O/c1-3-9-20(23-18(2)22)24-15-8-14-21(16-24,17-25)13-7-12-19-10-5-4-6-11-19/h3-6,9-11,25H,1,7-8,12-17H2,2H3,(H2,22,23)/b20-9+. The van der Waals surface area contributed by atoms with Crippen molar-refractivity contribution in [3.63, 3.8) is 0 Å². The number of aliphatic imine (C=N–C) groups is 1. The molecule has 1 aliphatic heterocycles. The van der Waals surface area contributed by atoms with Crippen LogP contribution in [0, 0.1) is 5.41 Å². The Labute approximate surface area is 151 Å². The molecule has 25 heavy (non-hydrogen) atoms. The molecular formula is C21H31N3O. The summed E-state index contributed by atoms with van der Waals surface area (Å²) in [4.78, 5) is 6.68. The third-order valence-electron chi connectivity index (χ3n) is 4.89. The summed E-state index contributed by atoms with van der Waals surface area (Å²) in [6.45, 7) is 7.54. The van der Waals surface area contributed by atoms with Crippen molar-refractivity contribution < 1.29 is 5.11 Å². The van der Waals surface area contributed by atoms with Crippen molar-refractivity contribution >= 4 is 5.84 Å². The van der Waals surface area contributed by atoms with Gasteiger partial charge in [0.2, 0.25) is 0 Å². The van der Waals surface area contributed by atoms with E-state index in [1.807, 2.05) is 12.1 Å². The number of aliphatic hydroxyl groups excluding tert-OH is 1. The fourth-order valence-corrected chi connectivity index (χ4v) is 3.63. The molecule has 0 saturated carbocycles. The van der Waals surface area contributed by atoms with Gasteiger partial charge in [0, 0.05) is 18.5 Å². The summed E-state index contributed by atoms with van der Waals surface area (Å²) in [6, 6.07) is 10.5. The fraction of sp³-hybridized carbons (Fsp3) is 0.476. The molecule has 1 aromatic rings. The summed E-state index contributed by atoms with van der Waals surface area (Å²) in [6.07, 6.45) is 8.90. The number of likely N-dealkylation sites (tertiary alicyclic amines) is 1. The second kappa shape index (κ2) is 9.42. The minimum Gasteiger partial charge on any atom is -0.396 e. The van der Waals surface area contributed by atoms with Crippen LogP contribution in [0.5, 0.6) is 0 Å². The van der Waals surface area contributed by atoms with Crippen LogP contribution in [0.1, 0.15) is 38.2 Å². The van der Waals surface area contributed by atoms with Crippen molar-refractivity contribution in [2.75, 3.05) is 19.7 Å². The van der Waals surface area contributed by atoms with E-state index in [1.165, 1.54) is 5.56 Å². The first-order valence-electron chi connectivity index (χ1n) is 9.12. The SMILES string of the molecule is C=C/C=C(\N=C(/C)N)N1CCCC(CO)(CCCc2ccccc2)C1. The van der Waals surface area contributed by atoms with Gasteiger partial charge in [-0.3, -0.25) is 0 Å². The molecule has 4 nitrogen and oxygen atoms in total. The van der Waals surface area contributed by atoms with Gasteiger partial charge in [0.05, 0.1) is 12.4 Å². The molecule has 1 aromatic carbocycles. The summed E-state index contributed by atoms with van der Waals surface area (Å²) in [5.74, 6) is 1.38. The topological polar surface area (TPSA) is 61.8 Å². The number of aliphatic hydroxyl groups is 1. The Balaban J connectivity index is 2.02. The van der Waals surface area contributed by atoms with Gasteiger partial charge in [-0.25, -0.2) is 4.99 Å². The van der Waals surface area contributed by atoms with E-state index in [1.54, 1.807) is 13.0 Å². The van der Waals surface area contributed by atoms with Gasteiger partial charge in [0.25, 0.3) is 0 Å². The highest BCUT2D eigenvalue weighted by Gasteiger charge is 2.35. The molecule has 3 N–H and O–H groups in total. The van der Waals surface area contributed by atoms with Crippen molar-refractivity contribution in [2.45, 2.75) is 39.0 Å². The second-order valence-corrected chi connectivity index (χ2v) is 7.04. The van der Waals surface area contributed by atoms with Crippen LogP contribution in [0.25, 0.3) is 0 Å². The summed E-state index contributed by atoms with van der Waals surface area (Å²) >= 11 is 0. The average molecular weight is 341 g/mol. The minimum absolute atomic E-state index is 0.0642. The van der Waals surface area contributed by atoms with Gasteiger partial charge in [-0.2, -0.15) is 0 Å². The van der Waals surface area contributed by atoms with Gasteiger partial charge in [0.1, 0.15) is 5.82 Å². The molecule has 1 unspecified atom stereocenters. The summed E-state index contributed by atoms with van der Waals surface area (Å²) in [5.41, 5.74) is 7.07. The number of nitrogens with zero attached hydrogens (tertiary/aromatic N) is 2. The van der Waals surface area contributed by atoms with Crippen LogP contribution >= 0.6 is 0 Å². The van der Waals surface area contributed by atoms with E-state index in [2.05, 4.69) is 40.7 Å². The number of allylic oxidation sites excluding steroid dienone is 2. The largest absolute Gasteiger partial charge is 0.396 e. The number of nitrogens with two attached hydrogens (primary N) is 1. The van der Waals surface area contributed by atoms with E-state index < -0.39 is 0 Å². The fourth-order valence-electron chi connectivity index (χ4n) is 3.63. The zero-order valence-electron chi connectivity index (χ0n) is 15.3. The summed E-state index contributed by atoms with van der Waals surface area (Å²) in [7, 11) is 0. The minimum atomic E-state index is -0.0642. The number of hydrogen-bond donors (Lipinski definition) is 2. The molecule has 0 aliphatic carbocycles. The lowest BCUT2D eigenvalue weighted by molar-refractivity contribution is 0.0376. The van der Waals surface area contributed by atoms with Crippen molar-refractivity contribution in [1.29, 1.82) is 0 Å². The monoisotopic (exact) mass is 341 g/mol. The highest BCUT2D eigenvalue weighted by atomic mass is 16.3. The van der Waals surface area contributed by atoms with Gasteiger partial charge in [-0.05, 0) is 50.7 Å². The van der Waals surface area contributed by atoms with Crippen molar-refractivity contribution in [3.8, 4) is 0 Å². The smallest absolute Gasteiger partial charge is 0.130 e. The van der Waals surface area contributed by atoms with Gasteiger partial charge < -0.3 is 15.7 Å². The van der Waals surface area contributed by atoms with Crippen molar-refractivity contribution in [2.24, 2.45) is 16.1 Å². The van der Waals surface area contributed by atoms with E-state index in [4.69, 9.17) is 5.73 Å². The molecule has 1 saturated heterocycles. The highest BCUT2D eigenvalue weighted by Crippen LogP contribution is 2.36. The molecule has 1 atom stereocenters. The highest BCUT2D eigenvalue weighted by molar-refractivity contribution is 5.78. The molecule has 1 fully saturated rings. The molecule has 4 heteroatoms. The lowest BCUT2D eigenvalue weighted by Gasteiger charge is -2.43. The molecule has 0 radical (unpaired) electrons. The number of piperidine rings is 1. The second-order valence-electron chi connectivity index (χ2n) is 7.04. The number of aryl methyl sites for hydroxylation is 1. The molecular weight excluding hydrogens is 310 g/mol. The number of benzene rings is 1. The van der Waals surface area contributed by atoms with E-state index in [0.29, 0.717) is 5.84 Å². The molecule has 0 amide bonds. The third kappa shape index (κ3) is 5.75. The van der Waals surface area contributed by atoms with Crippen LogP contribution in [-0.4, -0.2) is 35.5 Å². The Hall–Kier alpha value is -2.07. The zero-order valence-corrected chi connectivity index (χ0v) is 15.3. The molecule has 0 bridgehead atoms. The normalized spacial score (nSPS) is 22.1. The van der Waals surface area contributed by atoms with Crippen LogP contribution in [0.15, 0.2) is 59.9 Å².